The first-order valence-corrected chi connectivity index (χ1v) is 8.12. The van der Waals surface area contributed by atoms with E-state index < -0.39 is 17.1 Å². The lowest BCUT2D eigenvalue weighted by molar-refractivity contribution is -0.156. The molecule has 0 radical (unpaired) electrons. The summed E-state index contributed by atoms with van der Waals surface area (Å²) >= 11 is 0. The quantitative estimate of drug-likeness (QED) is 0.756. The van der Waals surface area contributed by atoms with Gasteiger partial charge in [-0.05, 0) is 19.8 Å². The molecule has 0 bridgehead atoms. The maximum atomic E-state index is 13.0. The molecule has 5 nitrogen and oxygen atoms in total. The molecule has 1 fully saturated rings. The standard InChI is InChI=1S/C19H18O5/c1-18(23)8-13(20)15-14-12(6-7-19(15,24)9-18)16(21)10-4-2-3-5-11(10)17(14)22/h2-5,15,23-24H,6-9H2,1H3/t15-,18+,19+/m0/s1. The highest BCUT2D eigenvalue weighted by molar-refractivity contribution is 6.28. The van der Waals surface area contributed by atoms with E-state index in [0.717, 1.165) is 0 Å². The smallest absolute Gasteiger partial charge is 0.191 e. The number of rotatable bonds is 0. The van der Waals surface area contributed by atoms with Crippen LogP contribution in [0.1, 0.15) is 53.3 Å². The van der Waals surface area contributed by atoms with Crippen LogP contribution in [0.25, 0.3) is 0 Å². The average molecular weight is 326 g/mol. The minimum atomic E-state index is -1.47. The van der Waals surface area contributed by atoms with Crippen molar-refractivity contribution in [2.45, 2.75) is 43.8 Å². The second kappa shape index (κ2) is 4.71. The van der Waals surface area contributed by atoms with Gasteiger partial charge in [0.1, 0.15) is 5.78 Å². The Bertz CT molecular complexity index is 832. The van der Waals surface area contributed by atoms with Crippen LogP contribution in [-0.2, 0) is 4.79 Å². The van der Waals surface area contributed by atoms with E-state index >= 15 is 0 Å². The van der Waals surface area contributed by atoms with Gasteiger partial charge in [-0.3, -0.25) is 14.4 Å². The van der Waals surface area contributed by atoms with Crippen molar-refractivity contribution in [1.29, 1.82) is 0 Å². The van der Waals surface area contributed by atoms with Gasteiger partial charge >= 0.3 is 0 Å². The molecule has 1 saturated carbocycles. The van der Waals surface area contributed by atoms with E-state index in [1.807, 2.05) is 0 Å². The molecule has 0 heterocycles. The maximum Gasteiger partial charge on any atom is 0.191 e. The molecule has 1 aromatic carbocycles. The number of hydrogen-bond acceptors (Lipinski definition) is 5. The number of allylic oxidation sites excluding steroid dienone is 1. The van der Waals surface area contributed by atoms with Gasteiger partial charge in [0.05, 0.1) is 17.1 Å². The third-order valence-corrected chi connectivity index (χ3v) is 5.46. The number of ketones is 3. The Balaban J connectivity index is 1.89. The van der Waals surface area contributed by atoms with Crippen LogP contribution in [0, 0.1) is 5.92 Å². The third kappa shape index (κ3) is 1.98. The van der Waals surface area contributed by atoms with Crippen LogP contribution >= 0.6 is 0 Å². The summed E-state index contributed by atoms with van der Waals surface area (Å²) in [6, 6.07) is 6.58. The maximum absolute atomic E-state index is 13.0. The Labute approximate surface area is 139 Å². The first-order valence-electron chi connectivity index (χ1n) is 8.12. The molecule has 3 atom stereocenters. The zero-order chi connectivity index (χ0) is 17.3. The van der Waals surface area contributed by atoms with Crippen molar-refractivity contribution in [1.82, 2.24) is 0 Å². The minimum absolute atomic E-state index is 0.0241. The molecule has 4 rings (SSSR count). The topological polar surface area (TPSA) is 91.7 Å². The van der Waals surface area contributed by atoms with Crippen molar-refractivity contribution in [2.75, 3.05) is 0 Å². The van der Waals surface area contributed by atoms with Crippen LogP contribution in [0.3, 0.4) is 0 Å². The summed E-state index contributed by atoms with van der Waals surface area (Å²) in [5, 5.41) is 21.3. The summed E-state index contributed by atoms with van der Waals surface area (Å²) in [5.74, 6) is -1.97. The lowest BCUT2D eigenvalue weighted by Gasteiger charge is -2.49. The normalized spacial score (nSPS) is 35.5. The molecule has 2 N–H and O–H groups in total. The van der Waals surface area contributed by atoms with Gasteiger partial charge in [-0.15, -0.1) is 0 Å². The summed E-state index contributed by atoms with van der Waals surface area (Å²) < 4.78 is 0. The van der Waals surface area contributed by atoms with E-state index in [-0.39, 0.29) is 54.2 Å². The van der Waals surface area contributed by atoms with Crippen LogP contribution in [0.2, 0.25) is 0 Å². The van der Waals surface area contributed by atoms with Gasteiger partial charge in [0.2, 0.25) is 0 Å². The lowest BCUT2D eigenvalue weighted by Crippen LogP contribution is -2.58. The Morgan fingerprint density at radius 1 is 1.04 bits per heavy atom. The van der Waals surface area contributed by atoms with E-state index in [1.165, 1.54) is 6.92 Å². The Morgan fingerprint density at radius 3 is 2.33 bits per heavy atom. The lowest BCUT2D eigenvalue weighted by atomic mass is 9.58. The average Bonchev–Trinajstić information content (AvgIpc) is 2.49. The first-order chi connectivity index (χ1) is 11.2. The fraction of sp³-hybridized carbons (Fsp3) is 0.421. The predicted octanol–water partition coefficient (Wildman–Crippen LogP) is 1.62. The van der Waals surface area contributed by atoms with Gasteiger partial charge in [0, 0.05) is 35.1 Å². The molecule has 5 heteroatoms. The number of hydrogen-bond donors (Lipinski definition) is 2. The van der Waals surface area contributed by atoms with Crippen molar-refractivity contribution in [2.24, 2.45) is 5.92 Å². The third-order valence-electron chi connectivity index (χ3n) is 5.46. The zero-order valence-electron chi connectivity index (χ0n) is 13.3. The number of fused-ring (bicyclic) bond motifs is 3. The highest BCUT2D eigenvalue weighted by Crippen LogP contribution is 2.50. The summed E-state index contributed by atoms with van der Waals surface area (Å²) in [6.45, 7) is 1.52. The molecule has 0 unspecified atom stereocenters. The van der Waals surface area contributed by atoms with E-state index in [4.69, 9.17) is 0 Å². The molecule has 1 aromatic rings. The van der Waals surface area contributed by atoms with Crippen molar-refractivity contribution in [3.05, 3.63) is 46.5 Å². The zero-order valence-corrected chi connectivity index (χ0v) is 13.3. The molecule has 0 spiro atoms. The number of Topliss-reactive ketones (excluding diaryl/α,β-unsaturated/α-hetero) is 3. The summed E-state index contributed by atoms with van der Waals surface area (Å²) in [4.78, 5) is 38.4. The molecule has 0 aliphatic heterocycles. The van der Waals surface area contributed by atoms with Crippen LogP contribution in [0.4, 0.5) is 0 Å². The largest absolute Gasteiger partial charge is 0.390 e. The fourth-order valence-corrected chi connectivity index (χ4v) is 4.60. The van der Waals surface area contributed by atoms with E-state index in [2.05, 4.69) is 0 Å². The number of benzene rings is 1. The first kappa shape index (κ1) is 15.4. The highest BCUT2D eigenvalue weighted by atomic mass is 16.3. The molecular weight excluding hydrogens is 308 g/mol. The van der Waals surface area contributed by atoms with E-state index in [1.54, 1.807) is 24.3 Å². The molecule has 124 valence electrons. The molecule has 24 heavy (non-hydrogen) atoms. The molecule has 3 aliphatic rings. The van der Waals surface area contributed by atoms with Gasteiger partial charge < -0.3 is 10.2 Å². The molecular formula is C19H18O5. The van der Waals surface area contributed by atoms with Gasteiger partial charge in [-0.25, -0.2) is 0 Å². The van der Waals surface area contributed by atoms with Gasteiger partial charge in [0.25, 0.3) is 0 Å². The minimum Gasteiger partial charge on any atom is -0.390 e. The van der Waals surface area contributed by atoms with Crippen molar-refractivity contribution >= 4 is 17.3 Å². The number of carbonyl (C=O) groups is 3. The van der Waals surface area contributed by atoms with Crippen LogP contribution in [-0.4, -0.2) is 38.8 Å². The van der Waals surface area contributed by atoms with Crippen molar-refractivity contribution < 1.29 is 24.6 Å². The number of carbonyl (C=O) groups excluding carboxylic acids is 3. The number of aliphatic hydroxyl groups is 2. The Hall–Kier alpha value is -2.11. The van der Waals surface area contributed by atoms with Gasteiger partial charge in [-0.1, -0.05) is 24.3 Å². The van der Waals surface area contributed by atoms with Crippen molar-refractivity contribution in [3.63, 3.8) is 0 Å². The monoisotopic (exact) mass is 326 g/mol. The van der Waals surface area contributed by atoms with E-state index in [0.29, 0.717) is 11.1 Å². The summed E-state index contributed by atoms with van der Waals surface area (Å²) in [7, 11) is 0. The molecule has 0 aromatic heterocycles. The summed E-state index contributed by atoms with van der Waals surface area (Å²) in [5.41, 5.74) is -1.62. The van der Waals surface area contributed by atoms with Crippen LogP contribution < -0.4 is 0 Å². The molecule has 0 saturated heterocycles. The molecule has 0 amide bonds. The summed E-state index contributed by atoms with van der Waals surface area (Å²) in [6.07, 6.45) is 0.334. The van der Waals surface area contributed by atoms with Crippen LogP contribution in [0.15, 0.2) is 35.4 Å². The van der Waals surface area contributed by atoms with Gasteiger partial charge in [-0.2, -0.15) is 0 Å². The predicted molar refractivity (Wildman–Crippen MR) is 84.7 cm³/mol. The van der Waals surface area contributed by atoms with Crippen molar-refractivity contribution in [3.8, 4) is 0 Å². The molecule has 3 aliphatic carbocycles. The highest BCUT2D eigenvalue weighted by Gasteiger charge is 2.57. The second-order valence-corrected chi connectivity index (χ2v) is 7.45. The van der Waals surface area contributed by atoms with Gasteiger partial charge in [0.15, 0.2) is 11.6 Å². The Morgan fingerprint density at radius 2 is 1.67 bits per heavy atom. The SMILES string of the molecule is C[C@@]1(O)CC(=O)[C@H]2C3=C(CC[C@@]2(O)C1)C(=O)c1ccccc1C3=O. The van der Waals surface area contributed by atoms with Crippen LogP contribution in [0.5, 0.6) is 0 Å². The fourth-order valence-electron chi connectivity index (χ4n) is 4.60. The second-order valence-electron chi connectivity index (χ2n) is 7.45. The van der Waals surface area contributed by atoms with E-state index in [9.17, 15) is 24.6 Å². The Kier molecular flexibility index (Phi) is 3.03.